The predicted molar refractivity (Wildman–Crippen MR) is 108 cm³/mol. The van der Waals surface area contributed by atoms with Gasteiger partial charge in [-0.25, -0.2) is 4.98 Å². The summed E-state index contributed by atoms with van der Waals surface area (Å²) < 4.78 is 11.9. The number of ether oxygens (including phenoxy) is 2. The van der Waals surface area contributed by atoms with Crippen molar-refractivity contribution in [3.05, 3.63) is 48.0 Å². The number of rotatable bonds is 5. The summed E-state index contributed by atoms with van der Waals surface area (Å²) in [6.45, 7) is 3.12. The van der Waals surface area contributed by atoms with Crippen molar-refractivity contribution in [1.82, 2.24) is 4.98 Å². The largest absolute Gasteiger partial charge is 0.494 e. The van der Waals surface area contributed by atoms with Crippen LogP contribution in [0, 0.1) is 0 Å². The second-order valence-corrected chi connectivity index (χ2v) is 7.29. The quantitative estimate of drug-likeness (QED) is 0.732. The predicted octanol–water partition coefficient (Wildman–Crippen LogP) is 3.32. The van der Waals surface area contributed by atoms with Gasteiger partial charge in [0.25, 0.3) is 0 Å². The highest BCUT2D eigenvalue weighted by Gasteiger charge is 2.19. The minimum Gasteiger partial charge on any atom is -0.494 e. The molecule has 4 rings (SSSR count). The molecule has 0 radical (unpaired) electrons. The summed E-state index contributed by atoms with van der Waals surface area (Å²) in [6.07, 6.45) is 0.324. The van der Waals surface area contributed by atoms with E-state index < -0.39 is 0 Å². The molecule has 1 fully saturated rings. The molecule has 1 aliphatic rings. The minimum atomic E-state index is -0.0767. The van der Waals surface area contributed by atoms with E-state index in [1.54, 1.807) is 7.11 Å². The molecule has 0 unspecified atom stereocenters. The van der Waals surface area contributed by atoms with Crippen LogP contribution in [0.5, 0.6) is 5.75 Å². The molecule has 3 aromatic rings. The maximum atomic E-state index is 12.4. The van der Waals surface area contributed by atoms with Crippen molar-refractivity contribution in [3.63, 3.8) is 0 Å². The second-order valence-electron chi connectivity index (χ2n) is 6.29. The van der Waals surface area contributed by atoms with Gasteiger partial charge < -0.3 is 19.7 Å². The van der Waals surface area contributed by atoms with Gasteiger partial charge in [0.2, 0.25) is 5.91 Å². The first-order chi connectivity index (χ1) is 13.2. The number of nitrogens with zero attached hydrogens (tertiary/aromatic N) is 2. The molecule has 0 spiro atoms. The van der Waals surface area contributed by atoms with Crippen molar-refractivity contribution >= 4 is 38.3 Å². The van der Waals surface area contributed by atoms with Crippen molar-refractivity contribution in [3.8, 4) is 5.75 Å². The van der Waals surface area contributed by atoms with Gasteiger partial charge in [0, 0.05) is 13.1 Å². The number of carbonyl (C=O) groups is 1. The Labute approximate surface area is 161 Å². The summed E-state index contributed by atoms with van der Waals surface area (Å²) >= 11 is 1.48. The number of anilines is 2. The first-order valence-electron chi connectivity index (χ1n) is 8.88. The number of nitrogens with one attached hydrogen (secondary N) is 1. The third-order valence-electron chi connectivity index (χ3n) is 4.51. The van der Waals surface area contributed by atoms with Gasteiger partial charge in [-0.2, -0.15) is 0 Å². The number of hydrogen-bond acceptors (Lipinski definition) is 6. The number of morpholine rings is 1. The van der Waals surface area contributed by atoms with Crippen LogP contribution in [0.4, 0.5) is 10.8 Å². The Bertz CT molecular complexity index is 936. The highest BCUT2D eigenvalue weighted by atomic mass is 32.1. The maximum absolute atomic E-state index is 12.4. The van der Waals surface area contributed by atoms with Crippen LogP contribution in [0.15, 0.2) is 42.5 Å². The van der Waals surface area contributed by atoms with Crippen molar-refractivity contribution < 1.29 is 14.3 Å². The third-order valence-corrected chi connectivity index (χ3v) is 5.50. The minimum absolute atomic E-state index is 0.0767. The van der Waals surface area contributed by atoms with E-state index in [4.69, 9.17) is 9.47 Å². The second kappa shape index (κ2) is 7.94. The van der Waals surface area contributed by atoms with Crippen molar-refractivity contribution in [2.24, 2.45) is 0 Å². The summed E-state index contributed by atoms with van der Waals surface area (Å²) in [4.78, 5) is 19.3. The van der Waals surface area contributed by atoms with Crippen LogP contribution >= 0.6 is 11.3 Å². The fourth-order valence-electron chi connectivity index (χ4n) is 3.19. The molecule has 0 saturated carbocycles. The van der Waals surface area contributed by atoms with Crippen LogP contribution in [0.1, 0.15) is 5.56 Å². The topological polar surface area (TPSA) is 63.7 Å². The number of carbonyl (C=O) groups excluding carboxylic acids is 1. The number of amides is 1. The van der Waals surface area contributed by atoms with E-state index in [1.807, 2.05) is 36.4 Å². The highest BCUT2D eigenvalue weighted by Crippen LogP contribution is 2.39. The van der Waals surface area contributed by atoms with Crippen LogP contribution in [0.25, 0.3) is 10.2 Å². The number of benzene rings is 2. The Hall–Kier alpha value is -2.64. The first-order valence-corrected chi connectivity index (χ1v) is 9.70. The van der Waals surface area contributed by atoms with Gasteiger partial charge in [-0.05, 0) is 17.7 Å². The fraction of sp³-hybridized carbons (Fsp3) is 0.300. The van der Waals surface area contributed by atoms with Gasteiger partial charge in [-0.3, -0.25) is 4.79 Å². The Kier molecular flexibility index (Phi) is 5.22. The van der Waals surface area contributed by atoms with E-state index in [2.05, 4.69) is 21.3 Å². The van der Waals surface area contributed by atoms with Gasteiger partial charge in [0.15, 0.2) is 5.13 Å². The molecule has 1 amide bonds. The molecule has 1 aliphatic heterocycles. The molecule has 2 aromatic carbocycles. The lowest BCUT2D eigenvalue weighted by molar-refractivity contribution is -0.115. The van der Waals surface area contributed by atoms with E-state index in [-0.39, 0.29) is 5.91 Å². The smallest absolute Gasteiger partial charge is 0.230 e. The maximum Gasteiger partial charge on any atom is 0.230 e. The summed E-state index contributed by atoms with van der Waals surface area (Å²) in [5, 5.41) is 3.52. The van der Waals surface area contributed by atoms with Gasteiger partial charge in [0.05, 0.1) is 37.1 Å². The molecule has 6 nitrogen and oxygen atoms in total. The molecule has 7 heteroatoms. The average Bonchev–Trinajstić information content (AvgIpc) is 3.12. The summed E-state index contributed by atoms with van der Waals surface area (Å²) in [6, 6.07) is 13.7. The Morgan fingerprint density at radius 2 is 2.00 bits per heavy atom. The number of thiazole rings is 1. The molecule has 1 N–H and O–H groups in total. The Morgan fingerprint density at radius 1 is 1.22 bits per heavy atom. The lowest BCUT2D eigenvalue weighted by Gasteiger charge is -2.29. The number of methoxy groups -OCH3 is 1. The molecular formula is C20H21N3O3S. The average molecular weight is 383 g/mol. The molecule has 27 heavy (non-hydrogen) atoms. The summed E-state index contributed by atoms with van der Waals surface area (Å²) in [5.41, 5.74) is 2.86. The van der Waals surface area contributed by atoms with Gasteiger partial charge in [-0.15, -0.1) is 0 Å². The molecule has 0 aliphatic carbocycles. The zero-order chi connectivity index (χ0) is 18.6. The zero-order valence-corrected chi connectivity index (χ0v) is 15.9. The van der Waals surface area contributed by atoms with Crippen LogP contribution in [0.2, 0.25) is 0 Å². The van der Waals surface area contributed by atoms with Crippen LogP contribution in [-0.2, 0) is 16.0 Å². The van der Waals surface area contributed by atoms with Crippen LogP contribution in [0.3, 0.4) is 0 Å². The SMILES string of the molecule is COc1ccc(N2CCOCC2)c2sc(NC(=O)Cc3ccccc3)nc12. The Balaban J connectivity index is 1.61. The van der Waals surface area contributed by atoms with Crippen molar-refractivity contribution in [2.45, 2.75) is 6.42 Å². The van der Waals surface area contributed by atoms with E-state index in [1.165, 1.54) is 11.3 Å². The number of fused-ring (bicyclic) bond motifs is 1. The molecule has 0 bridgehead atoms. The first kappa shape index (κ1) is 17.8. The van der Waals surface area contributed by atoms with E-state index in [0.717, 1.165) is 34.6 Å². The summed E-state index contributed by atoms with van der Waals surface area (Å²) in [7, 11) is 1.64. The molecule has 1 aromatic heterocycles. The molecule has 1 saturated heterocycles. The zero-order valence-electron chi connectivity index (χ0n) is 15.1. The van der Waals surface area contributed by atoms with Gasteiger partial charge in [0.1, 0.15) is 11.3 Å². The fourth-order valence-corrected chi connectivity index (χ4v) is 4.23. The molecule has 140 valence electrons. The number of aromatic nitrogens is 1. The third kappa shape index (κ3) is 3.89. The standard InChI is InChI=1S/C20H21N3O3S/c1-25-16-8-7-15(23-9-11-26-12-10-23)19-18(16)22-20(27-19)21-17(24)13-14-5-3-2-4-6-14/h2-8H,9-13H2,1H3,(H,21,22,24). The lowest BCUT2D eigenvalue weighted by atomic mass is 10.1. The van der Waals surface area contributed by atoms with Crippen molar-refractivity contribution in [1.29, 1.82) is 0 Å². The summed E-state index contributed by atoms with van der Waals surface area (Å²) in [5.74, 6) is 0.633. The van der Waals surface area contributed by atoms with Gasteiger partial charge >= 0.3 is 0 Å². The molecular weight excluding hydrogens is 362 g/mol. The normalized spacial score (nSPS) is 14.3. The van der Waals surface area contributed by atoms with Crippen LogP contribution in [-0.4, -0.2) is 44.3 Å². The number of hydrogen-bond donors (Lipinski definition) is 1. The highest BCUT2D eigenvalue weighted by molar-refractivity contribution is 7.23. The lowest BCUT2D eigenvalue weighted by Crippen LogP contribution is -2.36. The monoisotopic (exact) mass is 383 g/mol. The van der Waals surface area contributed by atoms with E-state index in [9.17, 15) is 4.79 Å². The Morgan fingerprint density at radius 3 is 2.74 bits per heavy atom. The van der Waals surface area contributed by atoms with Gasteiger partial charge in [-0.1, -0.05) is 41.7 Å². The molecule has 0 atom stereocenters. The molecule has 2 heterocycles. The van der Waals surface area contributed by atoms with E-state index >= 15 is 0 Å². The van der Waals surface area contributed by atoms with Crippen LogP contribution < -0.4 is 15.0 Å². The van der Waals surface area contributed by atoms with E-state index in [0.29, 0.717) is 30.5 Å². The van der Waals surface area contributed by atoms with Crippen molar-refractivity contribution in [2.75, 3.05) is 43.6 Å².